The highest BCUT2D eigenvalue weighted by Crippen LogP contribution is 2.29. The Hall–Kier alpha value is -2.56. The van der Waals surface area contributed by atoms with Crippen molar-refractivity contribution in [2.24, 2.45) is 0 Å². The number of hydrogen-bond donors (Lipinski definition) is 1. The standard InChI is InChI=1S/C21H29N5/c1-3-25(4-2)17-14-22-20-10-13-23-21(24-20)26-15-11-19(12-16-26)18-8-6-5-7-9-18/h5-10,13-14,17,19H,3-4,11-12,15-16H2,1-2H3,(H,22,23,24)/b17-14+. The molecule has 2 heterocycles. The second-order valence-electron chi connectivity index (χ2n) is 6.60. The number of aromatic nitrogens is 2. The van der Waals surface area contributed by atoms with Gasteiger partial charge in [0.25, 0.3) is 0 Å². The van der Waals surface area contributed by atoms with Crippen molar-refractivity contribution in [1.82, 2.24) is 14.9 Å². The quantitative estimate of drug-likeness (QED) is 0.814. The van der Waals surface area contributed by atoms with Gasteiger partial charge >= 0.3 is 0 Å². The van der Waals surface area contributed by atoms with Gasteiger partial charge in [-0.1, -0.05) is 30.3 Å². The summed E-state index contributed by atoms with van der Waals surface area (Å²) < 4.78 is 0. The molecule has 0 saturated carbocycles. The molecular formula is C21H29N5. The maximum Gasteiger partial charge on any atom is 0.227 e. The number of nitrogens with zero attached hydrogens (tertiary/aromatic N) is 4. The molecule has 0 atom stereocenters. The fourth-order valence-electron chi connectivity index (χ4n) is 3.38. The zero-order valence-electron chi connectivity index (χ0n) is 15.8. The highest BCUT2D eigenvalue weighted by molar-refractivity contribution is 5.43. The molecular weight excluding hydrogens is 322 g/mol. The summed E-state index contributed by atoms with van der Waals surface area (Å²) in [7, 11) is 0. The molecule has 2 aromatic rings. The van der Waals surface area contributed by atoms with E-state index in [1.807, 2.05) is 18.5 Å². The first-order chi connectivity index (χ1) is 12.8. The molecule has 1 saturated heterocycles. The van der Waals surface area contributed by atoms with Crippen molar-refractivity contribution in [3.63, 3.8) is 0 Å². The van der Waals surface area contributed by atoms with Crippen LogP contribution in [0.1, 0.15) is 38.2 Å². The molecule has 5 heteroatoms. The first-order valence-electron chi connectivity index (χ1n) is 9.60. The molecule has 0 radical (unpaired) electrons. The van der Waals surface area contributed by atoms with E-state index in [4.69, 9.17) is 0 Å². The van der Waals surface area contributed by atoms with Crippen molar-refractivity contribution in [3.8, 4) is 0 Å². The van der Waals surface area contributed by atoms with Crippen LogP contribution in [0.25, 0.3) is 0 Å². The molecule has 0 unspecified atom stereocenters. The fraction of sp³-hybridized carbons (Fsp3) is 0.429. The minimum Gasteiger partial charge on any atom is -0.377 e. The molecule has 1 N–H and O–H groups in total. The van der Waals surface area contributed by atoms with Gasteiger partial charge in [0.1, 0.15) is 5.82 Å². The molecule has 0 aliphatic carbocycles. The number of anilines is 2. The Kier molecular flexibility index (Phi) is 6.47. The fourth-order valence-corrected chi connectivity index (χ4v) is 3.38. The van der Waals surface area contributed by atoms with Gasteiger partial charge in [0, 0.05) is 44.8 Å². The Labute approximate surface area is 156 Å². The second kappa shape index (κ2) is 9.22. The van der Waals surface area contributed by atoms with Gasteiger partial charge in [0.2, 0.25) is 5.95 Å². The van der Waals surface area contributed by atoms with Crippen LogP contribution < -0.4 is 10.2 Å². The van der Waals surface area contributed by atoms with Gasteiger partial charge in [-0.2, -0.15) is 4.98 Å². The normalized spacial score (nSPS) is 15.4. The van der Waals surface area contributed by atoms with E-state index < -0.39 is 0 Å². The van der Waals surface area contributed by atoms with Gasteiger partial charge in [-0.05, 0) is 44.2 Å². The number of rotatable bonds is 7. The predicted octanol–water partition coefficient (Wildman–Crippen LogP) is 4.09. The first kappa shape index (κ1) is 18.2. The lowest BCUT2D eigenvalue weighted by atomic mass is 9.90. The third kappa shape index (κ3) is 4.75. The summed E-state index contributed by atoms with van der Waals surface area (Å²) >= 11 is 0. The smallest absolute Gasteiger partial charge is 0.227 e. The van der Waals surface area contributed by atoms with Crippen molar-refractivity contribution in [3.05, 3.63) is 60.6 Å². The molecule has 5 nitrogen and oxygen atoms in total. The van der Waals surface area contributed by atoms with Crippen molar-refractivity contribution >= 4 is 11.8 Å². The van der Waals surface area contributed by atoms with E-state index in [9.17, 15) is 0 Å². The molecule has 1 fully saturated rings. The Morgan fingerprint density at radius 3 is 2.54 bits per heavy atom. The summed E-state index contributed by atoms with van der Waals surface area (Å²) in [6, 6.07) is 12.7. The van der Waals surface area contributed by atoms with E-state index in [1.54, 1.807) is 0 Å². The molecule has 138 valence electrons. The molecule has 1 aliphatic heterocycles. The van der Waals surface area contributed by atoms with Gasteiger partial charge in [-0.15, -0.1) is 0 Å². The van der Waals surface area contributed by atoms with Gasteiger partial charge in [0.15, 0.2) is 0 Å². The lowest BCUT2D eigenvalue weighted by Crippen LogP contribution is -2.34. The largest absolute Gasteiger partial charge is 0.377 e. The molecule has 1 aromatic heterocycles. The molecule has 1 aliphatic rings. The summed E-state index contributed by atoms with van der Waals surface area (Å²) in [5.74, 6) is 2.30. The zero-order chi connectivity index (χ0) is 18.2. The van der Waals surface area contributed by atoms with Crippen molar-refractivity contribution in [2.75, 3.05) is 36.4 Å². The molecule has 1 aromatic carbocycles. The minimum absolute atomic E-state index is 0.644. The van der Waals surface area contributed by atoms with Crippen molar-refractivity contribution < 1.29 is 0 Å². The number of hydrogen-bond acceptors (Lipinski definition) is 5. The molecule has 0 bridgehead atoms. The summed E-state index contributed by atoms with van der Waals surface area (Å²) in [4.78, 5) is 13.7. The third-order valence-corrected chi connectivity index (χ3v) is 5.02. The van der Waals surface area contributed by atoms with Crippen molar-refractivity contribution in [1.29, 1.82) is 0 Å². The topological polar surface area (TPSA) is 44.3 Å². The van der Waals surface area contributed by atoms with Crippen LogP contribution in [0.5, 0.6) is 0 Å². The Morgan fingerprint density at radius 1 is 1.12 bits per heavy atom. The summed E-state index contributed by atoms with van der Waals surface area (Å²) in [5.41, 5.74) is 1.45. The van der Waals surface area contributed by atoms with Crippen molar-refractivity contribution in [2.45, 2.75) is 32.6 Å². The van der Waals surface area contributed by atoms with Crippen LogP contribution in [0, 0.1) is 0 Å². The Balaban J connectivity index is 1.57. The van der Waals surface area contributed by atoms with Gasteiger partial charge in [-0.25, -0.2) is 4.98 Å². The van der Waals surface area contributed by atoms with Crippen LogP contribution in [-0.4, -0.2) is 41.0 Å². The lowest BCUT2D eigenvalue weighted by Gasteiger charge is -2.32. The zero-order valence-corrected chi connectivity index (χ0v) is 15.8. The van der Waals surface area contributed by atoms with E-state index in [0.29, 0.717) is 5.92 Å². The van der Waals surface area contributed by atoms with Crippen LogP contribution in [0.3, 0.4) is 0 Å². The highest BCUT2D eigenvalue weighted by Gasteiger charge is 2.22. The number of piperidine rings is 1. The van der Waals surface area contributed by atoms with E-state index >= 15 is 0 Å². The van der Waals surface area contributed by atoms with Crippen LogP contribution >= 0.6 is 0 Å². The maximum absolute atomic E-state index is 4.68. The van der Waals surface area contributed by atoms with E-state index in [1.165, 1.54) is 5.56 Å². The molecule has 0 amide bonds. The SMILES string of the molecule is CCN(/C=C/Nc1ccnc(N2CCC(c3ccccc3)CC2)n1)CC. The third-order valence-electron chi connectivity index (χ3n) is 5.02. The van der Waals surface area contributed by atoms with Gasteiger partial charge in [0.05, 0.1) is 0 Å². The number of nitrogens with one attached hydrogen (secondary N) is 1. The minimum atomic E-state index is 0.644. The maximum atomic E-state index is 4.68. The molecule has 3 rings (SSSR count). The van der Waals surface area contributed by atoms with Crippen LogP contribution in [0.2, 0.25) is 0 Å². The number of benzene rings is 1. The second-order valence-corrected chi connectivity index (χ2v) is 6.60. The molecule has 0 spiro atoms. The lowest BCUT2D eigenvalue weighted by molar-refractivity contribution is 0.418. The summed E-state index contributed by atoms with van der Waals surface area (Å²) in [6.07, 6.45) is 8.13. The highest BCUT2D eigenvalue weighted by atomic mass is 15.3. The average molecular weight is 351 g/mol. The monoisotopic (exact) mass is 351 g/mol. The van der Waals surface area contributed by atoms with Crippen LogP contribution in [-0.2, 0) is 0 Å². The Bertz CT molecular complexity index is 689. The Morgan fingerprint density at radius 2 is 1.85 bits per heavy atom. The van der Waals surface area contributed by atoms with E-state index in [0.717, 1.165) is 50.8 Å². The predicted molar refractivity (Wildman–Crippen MR) is 108 cm³/mol. The van der Waals surface area contributed by atoms with Crippen LogP contribution in [0.15, 0.2) is 55.0 Å². The molecule has 26 heavy (non-hydrogen) atoms. The summed E-state index contributed by atoms with van der Waals surface area (Å²) in [6.45, 7) is 8.29. The van der Waals surface area contributed by atoms with E-state index in [2.05, 4.69) is 75.5 Å². The van der Waals surface area contributed by atoms with Gasteiger partial charge < -0.3 is 15.1 Å². The van der Waals surface area contributed by atoms with Gasteiger partial charge in [-0.3, -0.25) is 0 Å². The average Bonchev–Trinajstić information content (AvgIpc) is 2.72. The first-order valence-corrected chi connectivity index (χ1v) is 9.60. The van der Waals surface area contributed by atoms with E-state index in [-0.39, 0.29) is 0 Å². The van der Waals surface area contributed by atoms with Crippen LogP contribution in [0.4, 0.5) is 11.8 Å². The summed E-state index contributed by atoms with van der Waals surface area (Å²) in [5, 5.41) is 3.26.